The molecule has 0 spiro atoms. The summed E-state index contributed by atoms with van der Waals surface area (Å²) in [5, 5.41) is 0. The van der Waals surface area contributed by atoms with E-state index in [0.717, 1.165) is 5.69 Å². The van der Waals surface area contributed by atoms with Crippen LogP contribution >= 0.6 is 0 Å². The maximum Gasteiger partial charge on any atom is 0.162 e. The minimum atomic E-state index is 0.200. The Morgan fingerprint density at radius 3 is 3.22 bits per heavy atom. The Morgan fingerprint density at radius 2 is 2.44 bits per heavy atom. The molecule has 2 rings (SSSR count). The fraction of sp³-hybridized carbons (Fsp3) is 0.143. The predicted molar refractivity (Wildman–Crippen MR) is 32.8 cm³/mol. The van der Waals surface area contributed by atoms with Crippen molar-refractivity contribution < 1.29 is 4.79 Å². The maximum absolute atomic E-state index is 10.7. The van der Waals surface area contributed by atoms with Crippen LogP contribution in [0.25, 0.3) is 0 Å². The van der Waals surface area contributed by atoms with E-state index in [1.54, 1.807) is 6.42 Å². The van der Waals surface area contributed by atoms with Crippen molar-refractivity contribution in [2.75, 3.05) is 0 Å². The fourth-order valence-corrected chi connectivity index (χ4v) is 1.08. The van der Waals surface area contributed by atoms with E-state index in [0.29, 0.717) is 6.54 Å². The highest BCUT2D eigenvalue weighted by Gasteiger charge is 2.16. The molecule has 0 saturated carbocycles. The van der Waals surface area contributed by atoms with E-state index in [1.165, 1.54) is 0 Å². The third-order valence-electron chi connectivity index (χ3n) is 1.50. The summed E-state index contributed by atoms with van der Waals surface area (Å²) >= 11 is 0. The average molecular weight is 120 g/mol. The second-order valence-corrected chi connectivity index (χ2v) is 2.17. The molecule has 2 nitrogen and oxygen atoms in total. The van der Waals surface area contributed by atoms with E-state index < -0.39 is 0 Å². The van der Waals surface area contributed by atoms with Crippen molar-refractivity contribution in [3.8, 4) is 0 Å². The molecule has 1 aliphatic rings. The van der Waals surface area contributed by atoms with E-state index in [2.05, 4.69) is 0 Å². The number of carbonyl (C=O) groups excluding carboxylic acids is 1. The average Bonchev–Trinajstić information content (AvgIpc) is 2.22. The molecule has 0 aromatic carbocycles. The zero-order valence-corrected chi connectivity index (χ0v) is 4.87. The summed E-state index contributed by atoms with van der Waals surface area (Å²) in [6, 6.07) is 3.88. The highest BCUT2D eigenvalue weighted by atomic mass is 16.1. The number of rotatable bonds is 0. The SMILES string of the molecule is O=C1[CH]c2cccn2C1. The molecule has 0 unspecified atom stereocenters. The van der Waals surface area contributed by atoms with Gasteiger partial charge in [-0.05, 0) is 12.1 Å². The van der Waals surface area contributed by atoms with Crippen molar-refractivity contribution in [3.63, 3.8) is 0 Å². The lowest BCUT2D eigenvalue weighted by molar-refractivity contribution is -0.115. The van der Waals surface area contributed by atoms with Crippen molar-refractivity contribution in [1.82, 2.24) is 4.57 Å². The van der Waals surface area contributed by atoms with Crippen LogP contribution in [0.15, 0.2) is 18.3 Å². The van der Waals surface area contributed by atoms with Gasteiger partial charge < -0.3 is 4.57 Å². The zero-order chi connectivity index (χ0) is 6.27. The first-order valence-corrected chi connectivity index (χ1v) is 2.89. The van der Waals surface area contributed by atoms with Crippen LogP contribution < -0.4 is 0 Å². The number of nitrogens with zero attached hydrogens (tertiary/aromatic N) is 1. The monoisotopic (exact) mass is 120 g/mol. The molecule has 0 amide bonds. The number of ketones is 1. The van der Waals surface area contributed by atoms with Gasteiger partial charge in [0.2, 0.25) is 0 Å². The molecule has 2 heterocycles. The van der Waals surface area contributed by atoms with Gasteiger partial charge >= 0.3 is 0 Å². The van der Waals surface area contributed by atoms with Crippen molar-refractivity contribution in [1.29, 1.82) is 0 Å². The van der Waals surface area contributed by atoms with E-state index in [-0.39, 0.29) is 5.78 Å². The van der Waals surface area contributed by atoms with Crippen molar-refractivity contribution >= 4 is 5.78 Å². The minimum Gasteiger partial charge on any atom is -0.343 e. The molecule has 0 atom stereocenters. The molecule has 9 heavy (non-hydrogen) atoms. The van der Waals surface area contributed by atoms with E-state index >= 15 is 0 Å². The Balaban J connectivity index is 2.49. The quantitative estimate of drug-likeness (QED) is 0.492. The molecular weight excluding hydrogens is 114 g/mol. The van der Waals surface area contributed by atoms with Crippen LogP contribution in [-0.4, -0.2) is 10.4 Å². The third kappa shape index (κ3) is 0.593. The van der Waals surface area contributed by atoms with E-state index in [1.807, 2.05) is 22.9 Å². The molecule has 0 aliphatic carbocycles. The number of Topliss-reactive ketones (excluding diaryl/α,β-unsaturated/α-hetero) is 1. The van der Waals surface area contributed by atoms with Crippen LogP contribution in [0.1, 0.15) is 5.69 Å². The van der Waals surface area contributed by atoms with Gasteiger partial charge in [-0.2, -0.15) is 0 Å². The van der Waals surface area contributed by atoms with Gasteiger partial charge in [0.1, 0.15) is 0 Å². The number of hydrogen-bond acceptors (Lipinski definition) is 1. The molecule has 1 aliphatic heterocycles. The Morgan fingerprint density at radius 1 is 1.56 bits per heavy atom. The van der Waals surface area contributed by atoms with Crippen LogP contribution in [0, 0.1) is 6.42 Å². The van der Waals surface area contributed by atoms with E-state index in [4.69, 9.17) is 0 Å². The summed E-state index contributed by atoms with van der Waals surface area (Å²) in [4.78, 5) is 10.7. The number of fused-ring (bicyclic) bond motifs is 1. The number of aromatic nitrogens is 1. The Kier molecular flexibility index (Phi) is 0.781. The summed E-state index contributed by atoms with van der Waals surface area (Å²) in [5.74, 6) is 0.200. The van der Waals surface area contributed by atoms with Crippen LogP contribution in [0.2, 0.25) is 0 Å². The van der Waals surface area contributed by atoms with Gasteiger partial charge in [-0.15, -0.1) is 0 Å². The second kappa shape index (κ2) is 1.47. The van der Waals surface area contributed by atoms with Gasteiger partial charge in [0.05, 0.1) is 13.0 Å². The standard InChI is InChI=1S/C7H6NO/c9-7-4-6-2-1-3-8(6)5-7/h1-4H,5H2. The normalized spacial score (nSPS) is 16.2. The highest BCUT2D eigenvalue weighted by molar-refractivity contribution is 5.92. The molecule has 1 aromatic rings. The van der Waals surface area contributed by atoms with Gasteiger partial charge in [-0.25, -0.2) is 0 Å². The molecule has 1 radical (unpaired) electrons. The van der Waals surface area contributed by atoms with Crippen molar-refractivity contribution in [3.05, 3.63) is 30.4 Å². The summed E-state index contributed by atoms with van der Waals surface area (Å²) < 4.78 is 1.93. The first-order chi connectivity index (χ1) is 4.36. The lowest BCUT2D eigenvalue weighted by Gasteiger charge is -1.88. The Hall–Kier alpha value is -1.05. The topological polar surface area (TPSA) is 22.0 Å². The molecule has 0 fully saturated rings. The molecule has 2 heteroatoms. The van der Waals surface area contributed by atoms with E-state index in [9.17, 15) is 4.79 Å². The van der Waals surface area contributed by atoms with Crippen LogP contribution in [-0.2, 0) is 11.3 Å². The summed E-state index contributed by atoms with van der Waals surface area (Å²) in [6.07, 6.45) is 3.58. The van der Waals surface area contributed by atoms with Gasteiger partial charge in [0.15, 0.2) is 5.78 Å². The second-order valence-electron chi connectivity index (χ2n) is 2.17. The number of carbonyl (C=O) groups is 1. The lowest BCUT2D eigenvalue weighted by Crippen LogP contribution is -1.96. The lowest BCUT2D eigenvalue weighted by atomic mass is 10.3. The summed E-state index contributed by atoms with van der Waals surface area (Å²) in [7, 11) is 0. The first kappa shape index (κ1) is 4.79. The van der Waals surface area contributed by atoms with Gasteiger partial charge in [-0.1, -0.05) is 0 Å². The number of hydrogen-bond donors (Lipinski definition) is 0. The maximum atomic E-state index is 10.7. The predicted octanol–water partition coefficient (Wildman–Crippen LogP) is 0.623. The van der Waals surface area contributed by atoms with Crippen LogP contribution in [0.3, 0.4) is 0 Å². The Bertz CT molecular complexity index is 227. The summed E-state index contributed by atoms with van der Waals surface area (Å²) in [6.45, 7) is 0.530. The fourth-order valence-electron chi connectivity index (χ4n) is 1.08. The van der Waals surface area contributed by atoms with Crippen molar-refractivity contribution in [2.24, 2.45) is 0 Å². The van der Waals surface area contributed by atoms with Crippen molar-refractivity contribution in [2.45, 2.75) is 6.54 Å². The molecule has 1 aromatic heterocycles. The molecule has 0 saturated heterocycles. The highest BCUT2D eigenvalue weighted by Crippen LogP contribution is 2.12. The van der Waals surface area contributed by atoms with Gasteiger partial charge in [-0.3, -0.25) is 4.79 Å². The minimum absolute atomic E-state index is 0.200. The molecule has 45 valence electrons. The zero-order valence-electron chi connectivity index (χ0n) is 4.87. The largest absolute Gasteiger partial charge is 0.343 e. The molecule has 0 N–H and O–H groups in total. The smallest absolute Gasteiger partial charge is 0.162 e. The van der Waals surface area contributed by atoms with Gasteiger partial charge in [0.25, 0.3) is 0 Å². The van der Waals surface area contributed by atoms with Crippen LogP contribution in [0.5, 0.6) is 0 Å². The van der Waals surface area contributed by atoms with Gasteiger partial charge in [0, 0.05) is 11.9 Å². The first-order valence-electron chi connectivity index (χ1n) is 2.89. The molecular formula is C7H6NO. The molecule has 0 bridgehead atoms. The third-order valence-corrected chi connectivity index (χ3v) is 1.50. The Labute approximate surface area is 53.1 Å². The van der Waals surface area contributed by atoms with Crippen LogP contribution in [0.4, 0.5) is 0 Å². The summed E-state index contributed by atoms with van der Waals surface area (Å²) in [5.41, 5.74) is 1.03.